The third-order valence-corrected chi connectivity index (χ3v) is 16.5. The smallest absolute Gasteiger partial charge is 0.136 e. The first-order valence-corrected chi connectivity index (χ1v) is 27.0. The predicted molar refractivity (Wildman–Crippen MR) is 317 cm³/mol. The molecule has 3 heteroatoms. The van der Waals surface area contributed by atoms with E-state index in [1.807, 2.05) is 0 Å². The summed E-state index contributed by atoms with van der Waals surface area (Å²) in [5.41, 5.74) is 19.6. The lowest BCUT2D eigenvalue weighted by atomic mass is 9.87. The Morgan fingerprint density at radius 1 is 0.267 bits per heavy atom. The molecule has 0 radical (unpaired) electrons. The molecule has 0 fully saturated rings. The van der Waals surface area contributed by atoms with Gasteiger partial charge in [0.05, 0.1) is 22.7 Å². The molecule has 358 valence electrons. The van der Waals surface area contributed by atoms with Crippen molar-refractivity contribution in [3.8, 4) is 22.3 Å². The number of anilines is 6. The highest BCUT2D eigenvalue weighted by Gasteiger charge is 2.26. The molecule has 0 saturated heterocycles. The lowest BCUT2D eigenvalue weighted by molar-refractivity contribution is 0.670. The quantitative estimate of drug-likeness (QED) is 0.151. The second-order valence-electron chi connectivity index (χ2n) is 21.0. The van der Waals surface area contributed by atoms with E-state index in [9.17, 15) is 0 Å². The Bertz CT molecular complexity index is 4090. The van der Waals surface area contributed by atoms with Gasteiger partial charge in [-0.15, -0.1) is 0 Å². The van der Waals surface area contributed by atoms with Crippen molar-refractivity contribution >= 4 is 99.2 Å². The number of rotatable bonds is 8. The average molecular weight is 963 g/mol. The van der Waals surface area contributed by atoms with Crippen molar-refractivity contribution in [2.45, 2.75) is 51.4 Å². The van der Waals surface area contributed by atoms with Crippen molar-refractivity contribution in [2.75, 3.05) is 9.80 Å². The van der Waals surface area contributed by atoms with Crippen LogP contribution < -0.4 is 9.80 Å². The van der Waals surface area contributed by atoms with Crippen LogP contribution in [0.5, 0.6) is 0 Å². The largest absolute Gasteiger partial charge is 0.456 e. The van der Waals surface area contributed by atoms with E-state index in [-0.39, 0.29) is 0 Å². The van der Waals surface area contributed by atoms with Crippen LogP contribution in [0.15, 0.2) is 235 Å². The first-order chi connectivity index (χ1) is 37.1. The number of nitrogens with zero attached hydrogens (tertiary/aromatic N) is 2. The second-order valence-corrected chi connectivity index (χ2v) is 21.0. The van der Waals surface area contributed by atoms with Crippen molar-refractivity contribution in [2.24, 2.45) is 0 Å². The number of fused-ring (bicyclic) bond motifs is 9. The zero-order valence-corrected chi connectivity index (χ0v) is 41.9. The summed E-state index contributed by atoms with van der Waals surface area (Å²) in [6.07, 6.45) is 9.37. The van der Waals surface area contributed by atoms with E-state index >= 15 is 0 Å². The van der Waals surface area contributed by atoms with Gasteiger partial charge in [0.25, 0.3) is 0 Å². The Morgan fingerprint density at radius 3 is 1.12 bits per heavy atom. The van der Waals surface area contributed by atoms with Crippen LogP contribution in [0.1, 0.15) is 47.9 Å². The third kappa shape index (κ3) is 7.56. The summed E-state index contributed by atoms with van der Waals surface area (Å²) in [4.78, 5) is 5.03. The molecule has 0 spiro atoms. The maximum atomic E-state index is 6.97. The minimum Gasteiger partial charge on any atom is -0.456 e. The number of furan rings is 1. The van der Waals surface area contributed by atoms with Crippen LogP contribution in [-0.4, -0.2) is 0 Å². The van der Waals surface area contributed by atoms with E-state index in [1.54, 1.807) is 0 Å². The van der Waals surface area contributed by atoms with E-state index < -0.39 is 0 Å². The fourth-order valence-corrected chi connectivity index (χ4v) is 12.8. The molecule has 12 aromatic carbocycles. The van der Waals surface area contributed by atoms with E-state index in [0.717, 1.165) is 81.1 Å². The monoisotopic (exact) mass is 962 g/mol. The molecule has 1 heterocycles. The molecule has 2 aliphatic rings. The molecule has 75 heavy (non-hydrogen) atoms. The summed E-state index contributed by atoms with van der Waals surface area (Å²) >= 11 is 0. The van der Waals surface area contributed by atoms with Crippen LogP contribution >= 0.6 is 0 Å². The third-order valence-electron chi connectivity index (χ3n) is 16.5. The minimum absolute atomic E-state index is 0.889. The first kappa shape index (κ1) is 43.6. The maximum absolute atomic E-state index is 6.97. The standard InChI is InChI=1S/C72H54N2O/c1-3-17-49(18-4-1)63-39-51-23-7-9-25-53(51)43-69(63)73(67-31-15-27-47-21-11-13-29-61(47)67)59-35-33-55-41-65-66-42-56-34-36-60(38-58(56)46-72(66)75-71(65)45-57(55)37-59)74(68-32-16-28-48-22-12-14-30-62(48)68)70-44-54-26-10-8-24-52(54)40-64(70)50-19-5-2-6-20-50/h1-6,11-22,27-46H,7-10,23-26H2. The second kappa shape index (κ2) is 17.9. The molecular weight excluding hydrogens is 909 g/mol. The molecule has 0 aliphatic heterocycles. The van der Waals surface area contributed by atoms with Crippen molar-refractivity contribution in [3.63, 3.8) is 0 Å². The lowest BCUT2D eigenvalue weighted by Gasteiger charge is -2.31. The molecule has 0 saturated carbocycles. The van der Waals surface area contributed by atoms with Crippen LogP contribution in [0.25, 0.3) is 87.3 Å². The Balaban J connectivity index is 0.890. The normalized spacial score (nSPS) is 13.4. The Hall–Kier alpha value is -8.92. The van der Waals surface area contributed by atoms with Gasteiger partial charge in [0.1, 0.15) is 11.2 Å². The van der Waals surface area contributed by atoms with E-state index in [0.29, 0.717) is 0 Å². The summed E-state index contributed by atoms with van der Waals surface area (Å²) < 4.78 is 6.97. The fourth-order valence-electron chi connectivity index (χ4n) is 12.8. The number of benzene rings is 12. The molecule has 3 nitrogen and oxygen atoms in total. The van der Waals surface area contributed by atoms with Gasteiger partial charge in [-0.3, -0.25) is 0 Å². The van der Waals surface area contributed by atoms with Gasteiger partial charge in [-0.2, -0.15) is 0 Å². The molecule has 13 aromatic rings. The Kier molecular flexibility index (Phi) is 10.4. The summed E-state index contributed by atoms with van der Waals surface area (Å²) in [5, 5.41) is 11.8. The molecule has 0 unspecified atom stereocenters. The van der Waals surface area contributed by atoms with Gasteiger partial charge in [-0.25, -0.2) is 0 Å². The van der Waals surface area contributed by atoms with Crippen molar-refractivity contribution in [1.82, 2.24) is 0 Å². The molecule has 2 aliphatic carbocycles. The predicted octanol–water partition coefficient (Wildman–Crippen LogP) is 20.2. The minimum atomic E-state index is 0.889. The van der Waals surface area contributed by atoms with E-state index in [2.05, 4.69) is 240 Å². The molecule has 1 aromatic heterocycles. The molecule has 15 rings (SSSR count). The molecule has 0 amide bonds. The summed E-state index contributed by atoms with van der Waals surface area (Å²) in [6.45, 7) is 0. The van der Waals surface area contributed by atoms with Crippen LogP contribution in [0.3, 0.4) is 0 Å². The van der Waals surface area contributed by atoms with Crippen LogP contribution in [0, 0.1) is 0 Å². The van der Waals surface area contributed by atoms with Gasteiger partial charge in [0, 0.05) is 44.0 Å². The maximum Gasteiger partial charge on any atom is 0.136 e. The SMILES string of the molecule is c1ccc(-c2cc3c(cc2N(c2ccc4cc5c(cc4c2)oc2cc4cc(N(c6cc7c(cc6-c6ccccc6)CCCC7)c6cccc7ccccc67)ccc4cc25)c2cccc4ccccc24)CCCC3)cc1. The summed E-state index contributed by atoms with van der Waals surface area (Å²) in [7, 11) is 0. The van der Waals surface area contributed by atoms with Gasteiger partial charge in [-0.05, 0) is 202 Å². The fraction of sp³-hybridized carbons (Fsp3) is 0.111. The van der Waals surface area contributed by atoms with E-state index in [4.69, 9.17) is 4.42 Å². The van der Waals surface area contributed by atoms with Crippen LogP contribution in [-0.2, 0) is 25.7 Å². The summed E-state index contributed by atoms with van der Waals surface area (Å²) in [6, 6.07) is 86.1. The number of hydrogen-bond acceptors (Lipinski definition) is 3. The Morgan fingerprint density at radius 2 is 0.667 bits per heavy atom. The van der Waals surface area contributed by atoms with E-state index in [1.165, 1.54) is 114 Å². The lowest BCUT2D eigenvalue weighted by Crippen LogP contribution is -2.14. The van der Waals surface area contributed by atoms with Crippen LogP contribution in [0.4, 0.5) is 34.1 Å². The Labute approximate surface area is 437 Å². The van der Waals surface area contributed by atoms with Gasteiger partial charge < -0.3 is 14.2 Å². The van der Waals surface area contributed by atoms with Gasteiger partial charge in [-0.1, -0.05) is 146 Å². The van der Waals surface area contributed by atoms with Crippen molar-refractivity contribution in [3.05, 3.63) is 253 Å². The highest BCUT2D eigenvalue weighted by molar-refractivity contribution is 6.15. The topological polar surface area (TPSA) is 19.6 Å². The highest BCUT2D eigenvalue weighted by Crippen LogP contribution is 2.49. The van der Waals surface area contributed by atoms with Crippen molar-refractivity contribution in [1.29, 1.82) is 0 Å². The van der Waals surface area contributed by atoms with Gasteiger partial charge in [0.15, 0.2) is 0 Å². The number of hydrogen-bond donors (Lipinski definition) is 0. The zero-order valence-electron chi connectivity index (χ0n) is 41.9. The molecular formula is C72H54N2O. The summed E-state index contributed by atoms with van der Waals surface area (Å²) in [5.74, 6) is 0. The van der Waals surface area contributed by atoms with Gasteiger partial charge >= 0.3 is 0 Å². The van der Waals surface area contributed by atoms with Gasteiger partial charge in [0.2, 0.25) is 0 Å². The average Bonchev–Trinajstić information content (AvgIpc) is 3.82. The zero-order chi connectivity index (χ0) is 49.4. The first-order valence-electron chi connectivity index (χ1n) is 27.0. The molecule has 0 atom stereocenters. The molecule has 0 bridgehead atoms. The van der Waals surface area contributed by atoms with Crippen LogP contribution in [0.2, 0.25) is 0 Å². The molecule has 0 N–H and O–H groups in total. The highest BCUT2D eigenvalue weighted by atomic mass is 16.3. The number of aryl methyl sites for hydroxylation is 4. The van der Waals surface area contributed by atoms with Crippen molar-refractivity contribution < 1.29 is 4.42 Å².